The second-order valence-corrected chi connectivity index (χ2v) is 8.80. The number of rotatable bonds is 7. The summed E-state index contributed by atoms with van der Waals surface area (Å²) in [5, 5.41) is 2.90. The fraction of sp³-hybridized carbons (Fsp3) is 0.381. The molecule has 3 rings (SSSR count). The number of nitrogens with zero attached hydrogens (tertiary/aromatic N) is 1. The number of hydrogen-bond donors (Lipinski definition) is 1. The van der Waals surface area contributed by atoms with Crippen LogP contribution in [0, 0.1) is 0 Å². The Morgan fingerprint density at radius 3 is 2.50 bits per heavy atom. The van der Waals surface area contributed by atoms with Gasteiger partial charge in [0.05, 0.1) is 12.0 Å². The van der Waals surface area contributed by atoms with Crippen LogP contribution in [0.2, 0.25) is 0 Å². The van der Waals surface area contributed by atoms with Crippen LogP contribution in [0.4, 0.5) is 0 Å². The van der Waals surface area contributed by atoms with Crippen LogP contribution < -0.4 is 10.1 Å². The first-order valence-electron chi connectivity index (χ1n) is 9.47. The van der Waals surface area contributed by atoms with Gasteiger partial charge in [-0.2, -0.15) is 4.31 Å². The number of methoxy groups -OCH3 is 1. The normalized spacial score (nSPS) is 17.8. The Hall–Kier alpha value is -2.38. The van der Waals surface area contributed by atoms with E-state index in [1.165, 1.54) is 11.4 Å². The highest BCUT2D eigenvalue weighted by Crippen LogP contribution is 2.28. The number of sulfonamides is 1. The molecule has 6 nitrogen and oxygen atoms in total. The van der Waals surface area contributed by atoms with Crippen LogP contribution in [0.3, 0.4) is 0 Å². The predicted molar refractivity (Wildman–Crippen MR) is 107 cm³/mol. The maximum atomic E-state index is 13.1. The maximum absolute atomic E-state index is 13.1. The van der Waals surface area contributed by atoms with Gasteiger partial charge < -0.3 is 10.1 Å². The summed E-state index contributed by atoms with van der Waals surface area (Å²) in [4.78, 5) is 12.7. The molecule has 1 heterocycles. The molecule has 1 atom stereocenters. The van der Waals surface area contributed by atoms with E-state index in [4.69, 9.17) is 4.74 Å². The molecule has 1 fully saturated rings. The van der Waals surface area contributed by atoms with Gasteiger partial charge in [-0.05, 0) is 42.7 Å². The number of hydrogen-bond acceptors (Lipinski definition) is 4. The van der Waals surface area contributed by atoms with Gasteiger partial charge >= 0.3 is 0 Å². The van der Waals surface area contributed by atoms with E-state index in [0.717, 1.165) is 18.4 Å². The van der Waals surface area contributed by atoms with Crippen molar-refractivity contribution in [2.45, 2.75) is 43.2 Å². The molecule has 2 aromatic carbocycles. The monoisotopic (exact) mass is 402 g/mol. The lowest BCUT2D eigenvalue weighted by molar-refractivity contribution is -0.122. The summed E-state index contributed by atoms with van der Waals surface area (Å²) in [6, 6.07) is 15.7. The number of benzene rings is 2. The van der Waals surface area contributed by atoms with E-state index in [9.17, 15) is 13.2 Å². The molecule has 0 aromatic heterocycles. The molecule has 150 valence electrons. The van der Waals surface area contributed by atoms with Gasteiger partial charge in [0.25, 0.3) is 0 Å². The average molecular weight is 403 g/mol. The van der Waals surface area contributed by atoms with Crippen molar-refractivity contribution >= 4 is 15.9 Å². The van der Waals surface area contributed by atoms with E-state index in [2.05, 4.69) is 5.32 Å². The Kier molecular flexibility index (Phi) is 6.70. The van der Waals surface area contributed by atoms with Gasteiger partial charge in [-0.25, -0.2) is 8.42 Å². The van der Waals surface area contributed by atoms with Crippen LogP contribution in [0.1, 0.15) is 31.2 Å². The third kappa shape index (κ3) is 4.91. The van der Waals surface area contributed by atoms with E-state index < -0.39 is 10.0 Å². The van der Waals surface area contributed by atoms with Crippen molar-refractivity contribution in [3.8, 4) is 5.75 Å². The summed E-state index contributed by atoms with van der Waals surface area (Å²) in [7, 11) is -2.11. The van der Waals surface area contributed by atoms with E-state index in [-0.39, 0.29) is 23.3 Å². The lowest BCUT2D eigenvalue weighted by Gasteiger charge is -2.34. The quantitative estimate of drug-likeness (QED) is 0.773. The van der Waals surface area contributed by atoms with Crippen molar-refractivity contribution in [1.29, 1.82) is 0 Å². The van der Waals surface area contributed by atoms with Crippen molar-refractivity contribution < 1.29 is 17.9 Å². The van der Waals surface area contributed by atoms with Crippen LogP contribution >= 0.6 is 0 Å². The van der Waals surface area contributed by atoms with E-state index >= 15 is 0 Å². The molecular weight excluding hydrogens is 376 g/mol. The first-order valence-corrected chi connectivity index (χ1v) is 10.9. The molecule has 1 N–H and O–H groups in total. The lowest BCUT2D eigenvalue weighted by Crippen LogP contribution is -2.45. The number of carbonyl (C=O) groups is 1. The lowest BCUT2D eigenvalue weighted by atomic mass is 10.0. The molecule has 0 bridgehead atoms. The first-order chi connectivity index (χ1) is 13.5. The zero-order valence-corrected chi connectivity index (χ0v) is 16.8. The van der Waals surface area contributed by atoms with Crippen LogP contribution in [0.5, 0.6) is 5.75 Å². The molecule has 1 saturated heterocycles. The van der Waals surface area contributed by atoms with Crippen molar-refractivity contribution in [3.05, 3.63) is 60.2 Å². The molecule has 0 saturated carbocycles. The molecule has 0 aliphatic carbocycles. The van der Waals surface area contributed by atoms with Gasteiger partial charge in [0.1, 0.15) is 5.75 Å². The van der Waals surface area contributed by atoms with Gasteiger partial charge in [-0.3, -0.25) is 4.79 Å². The second kappa shape index (κ2) is 9.21. The van der Waals surface area contributed by atoms with Gasteiger partial charge in [0.15, 0.2) is 0 Å². The third-order valence-corrected chi connectivity index (χ3v) is 6.96. The standard InChI is InChI=1S/C21H26N2O4S/c1-27-19-10-12-20(13-11-19)28(25,26)23-14-6-5-9-18(23)15-21(24)22-16-17-7-3-2-4-8-17/h2-4,7-8,10-13,18H,5-6,9,14-16H2,1H3,(H,22,24). The molecule has 7 heteroatoms. The average Bonchev–Trinajstić information content (AvgIpc) is 2.73. The third-order valence-electron chi connectivity index (χ3n) is 4.99. The molecule has 0 spiro atoms. The Labute approximate surface area is 166 Å². The van der Waals surface area contributed by atoms with Crippen molar-refractivity contribution in [2.75, 3.05) is 13.7 Å². The highest BCUT2D eigenvalue weighted by atomic mass is 32.2. The number of ether oxygens (including phenoxy) is 1. The summed E-state index contributed by atoms with van der Waals surface area (Å²) in [5.41, 5.74) is 1.02. The molecule has 1 aliphatic heterocycles. The number of carbonyl (C=O) groups excluding carboxylic acids is 1. The minimum atomic E-state index is -3.65. The van der Waals surface area contributed by atoms with Gasteiger partial charge in [-0.15, -0.1) is 0 Å². The van der Waals surface area contributed by atoms with Crippen molar-refractivity contribution in [3.63, 3.8) is 0 Å². The zero-order chi connectivity index (χ0) is 20.0. The highest BCUT2D eigenvalue weighted by Gasteiger charge is 2.34. The molecule has 1 unspecified atom stereocenters. The van der Waals surface area contributed by atoms with Crippen molar-refractivity contribution in [1.82, 2.24) is 9.62 Å². The number of piperidine rings is 1. The van der Waals surface area contributed by atoms with Crippen LogP contribution in [-0.2, 0) is 21.4 Å². The maximum Gasteiger partial charge on any atom is 0.243 e. The smallest absolute Gasteiger partial charge is 0.243 e. The van der Waals surface area contributed by atoms with Crippen LogP contribution in [0.15, 0.2) is 59.5 Å². The summed E-state index contributed by atoms with van der Waals surface area (Å²) < 4.78 is 32.8. The Morgan fingerprint density at radius 2 is 1.82 bits per heavy atom. The molecule has 1 aliphatic rings. The first kappa shape index (κ1) is 20.4. The van der Waals surface area contributed by atoms with Gasteiger partial charge in [0, 0.05) is 25.6 Å². The Balaban J connectivity index is 1.67. The fourth-order valence-electron chi connectivity index (χ4n) is 3.46. The van der Waals surface area contributed by atoms with E-state index in [1.807, 2.05) is 30.3 Å². The summed E-state index contributed by atoms with van der Waals surface area (Å²) in [5.74, 6) is 0.472. The van der Waals surface area contributed by atoms with Crippen molar-refractivity contribution in [2.24, 2.45) is 0 Å². The Morgan fingerprint density at radius 1 is 1.11 bits per heavy atom. The van der Waals surface area contributed by atoms with E-state index in [1.54, 1.807) is 24.3 Å². The summed E-state index contributed by atoms with van der Waals surface area (Å²) in [6.45, 7) is 0.878. The van der Waals surface area contributed by atoms with Gasteiger partial charge in [-0.1, -0.05) is 36.8 Å². The summed E-state index contributed by atoms with van der Waals surface area (Å²) in [6.07, 6.45) is 2.58. The zero-order valence-electron chi connectivity index (χ0n) is 16.0. The second-order valence-electron chi connectivity index (χ2n) is 6.91. The number of amides is 1. The Bertz CT molecular complexity index is 882. The molecular formula is C21H26N2O4S. The van der Waals surface area contributed by atoms with Crippen LogP contribution in [0.25, 0.3) is 0 Å². The largest absolute Gasteiger partial charge is 0.497 e. The molecule has 28 heavy (non-hydrogen) atoms. The minimum Gasteiger partial charge on any atom is -0.497 e. The topological polar surface area (TPSA) is 75.7 Å². The number of nitrogens with one attached hydrogen (secondary N) is 1. The van der Waals surface area contributed by atoms with E-state index in [0.29, 0.717) is 25.3 Å². The predicted octanol–water partition coefficient (Wildman–Crippen LogP) is 2.94. The highest BCUT2D eigenvalue weighted by molar-refractivity contribution is 7.89. The molecule has 0 radical (unpaired) electrons. The van der Waals surface area contributed by atoms with Gasteiger partial charge in [0.2, 0.25) is 15.9 Å². The minimum absolute atomic E-state index is 0.134. The fourth-order valence-corrected chi connectivity index (χ4v) is 5.15. The molecule has 1 amide bonds. The molecule has 2 aromatic rings. The van der Waals surface area contributed by atoms with Crippen LogP contribution in [-0.4, -0.2) is 38.3 Å². The SMILES string of the molecule is COc1ccc(S(=O)(=O)N2CCCCC2CC(=O)NCc2ccccc2)cc1. The summed E-state index contributed by atoms with van der Waals surface area (Å²) >= 11 is 0.